The summed E-state index contributed by atoms with van der Waals surface area (Å²) < 4.78 is 6.08. The average Bonchev–Trinajstić information content (AvgIpc) is 2.74. The second-order valence-corrected chi connectivity index (χ2v) is 5.18. The SMILES string of the molecule is Cc1onc2c(=O)n(CCCC(C)C)nc(C(=O)O)c12. The van der Waals surface area contributed by atoms with E-state index in [0.717, 1.165) is 17.5 Å². The Kier molecular flexibility index (Phi) is 3.87. The van der Waals surface area contributed by atoms with E-state index < -0.39 is 11.5 Å². The molecule has 0 spiro atoms. The lowest BCUT2D eigenvalue weighted by molar-refractivity contribution is 0.0689. The highest BCUT2D eigenvalue weighted by Crippen LogP contribution is 2.17. The lowest BCUT2D eigenvalue weighted by atomic mass is 10.1. The van der Waals surface area contributed by atoms with Gasteiger partial charge in [0.25, 0.3) is 5.56 Å². The fourth-order valence-corrected chi connectivity index (χ4v) is 2.09. The monoisotopic (exact) mass is 279 g/mol. The summed E-state index contributed by atoms with van der Waals surface area (Å²) in [7, 11) is 0. The Labute approximate surface area is 115 Å². The molecule has 0 saturated carbocycles. The van der Waals surface area contributed by atoms with Crippen LogP contribution in [0.4, 0.5) is 0 Å². The summed E-state index contributed by atoms with van der Waals surface area (Å²) >= 11 is 0. The molecule has 7 nitrogen and oxygen atoms in total. The molecule has 0 fully saturated rings. The van der Waals surface area contributed by atoms with Gasteiger partial charge in [-0.25, -0.2) is 9.48 Å². The van der Waals surface area contributed by atoms with Crippen LogP contribution in [0.5, 0.6) is 0 Å². The summed E-state index contributed by atoms with van der Waals surface area (Å²) in [6, 6.07) is 0. The standard InChI is InChI=1S/C13H17N3O4/c1-7(2)5-4-6-16-12(17)10-9(8(3)20-15-10)11(14-16)13(18)19/h7H,4-6H2,1-3H3,(H,18,19). The van der Waals surface area contributed by atoms with Crippen LogP contribution in [0.15, 0.2) is 9.32 Å². The molecule has 0 unspecified atom stereocenters. The Hall–Kier alpha value is -2.18. The van der Waals surface area contributed by atoms with Crippen LogP contribution >= 0.6 is 0 Å². The van der Waals surface area contributed by atoms with E-state index in [2.05, 4.69) is 24.1 Å². The highest BCUT2D eigenvalue weighted by atomic mass is 16.5. The normalized spacial score (nSPS) is 11.4. The molecule has 20 heavy (non-hydrogen) atoms. The number of carboxylic acids is 1. The minimum absolute atomic E-state index is 0.0273. The van der Waals surface area contributed by atoms with Crippen LogP contribution in [0.1, 0.15) is 42.9 Å². The molecule has 0 aliphatic heterocycles. The summed E-state index contributed by atoms with van der Waals surface area (Å²) in [5.41, 5.74) is -0.576. The van der Waals surface area contributed by atoms with Gasteiger partial charge in [-0.3, -0.25) is 4.79 Å². The fourth-order valence-electron chi connectivity index (χ4n) is 2.09. The predicted molar refractivity (Wildman–Crippen MR) is 71.8 cm³/mol. The highest BCUT2D eigenvalue weighted by molar-refractivity contribution is 6.00. The summed E-state index contributed by atoms with van der Waals surface area (Å²) in [5.74, 6) is -0.391. The summed E-state index contributed by atoms with van der Waals surface area (Å²) in [5, 5.41) is 17.0. The van der Waals surface area contributed by atoms with E-state index in [1.54, 1.807) is 6.92 Å². The van der Waals surface area contributed by atoms with Crippen molar-refractivity contribution in [2.45, 2.75) is 40.2 Å². The third kappa shape index (κ3) is 2.56. The Morgan fingerprint density at radius 2 is 2.15 bits per heavy atom. The molecule has 2 aromatic heterocycles. The van der Waals surface area contributed by atoms with Gasteiger partial charge in [0.05, 0.1) is 5.39 Å². The molecule has 2 rings (SSSR count). The summed E-state index contributed by atoms with van der Waals surface area (Å²) in [4.78, 5) is 23.4. The van der Waals surface area contributed by atoms with Crippen LogP contribution < -0.4 is 5.56 Å². The molecule has 108 valence electrons. The molecule has 0 atom stereocenters. The van der Waals surface area contributed by atoms with Crippen LogP contribution in [-0.2, 0) is 6.54 Å². The maximum Gasteiger partial charge on any atom is 0.357 e. The third-order valence-corrected chi connectivity index (χ3v) is 3.11. The second kappa shape index (κ2) is 5.44. The lowest BCUT2D eigenvalue weighted by Crippen LogP contribution is -2.26. The molecule has 1 N–H and O–H groups in total. The smallest absolute Gasteiger partial charge is 0.357 e. The van der Waals surface area contributed by atoms with Gasteiger partial charge in [-0.05, 0) is 25.7 Å². The van der Waals surface area contributed by atoms with E-state index >= 15 is 0 Å². The number of aromatic nitrogens is 3. The zero-order valence-electron chi connectivity index (χ0n) is 11.7. The Bertz CT molecular complexity index is 699. The quantitative estimate of drug-likeness (QED) is 0.896. The van der Waals surface area contributed by atoms with Crippen molar-refractivity contribution >= 4 is 16.9 Å². The van der Waals surface area contributed by atoms with Crippen molar-refractivity contribution in [3.8, 4) is 0 Å². The predicted octanol–water partition coefficient (Wildman–Crippen LogP) is 1.83. The molecule has 2 aromatic rings. The van der Waals surface area contributed by atoms with Gasteiger partial charge in [0.15, 0.2) is 11.2 Å². The third-order valence-electron chi connectivity index (χ3n) is 3.11. The van der Waals surface area contributed by atoms with Crippen LogP contribution in [0.3, 0.4) is 0 Å². The molecule has 0 radical (unpaired) electrons. The topological polar surface area (TPSA) is 98.2 Å². The molecule has 0 amide bonds. The number of hydrogen-bond donors (Lipinski definition) is 1. The first-order valence-electron chi connectivity index (χ1n) is 6.52. The zero-order valence-corrected chi connectivity index (χ0v) is 11.7. The van der Waals surface area contributed by atoms with Gasteiger partial charge in [-0.1, -0.05) is 19.0 Å². The van der Waals surface area contributed by atoms with Crippen LogP contribution in [0, 0.1) is 12.8 Å². The largest absolute Gasteiger partial charge is 0.476 e. The average molecular weight is 279 g/mol. The van der Waals surface area contributed by atoms with Gasteiger partial charge >= 0.3 is 5.97 Å². The fraction of sp³-hybridized carbons (Fsp3) is 0.538. The van der Waals surface area contributed by atoms with Crippen LogP contribution in [0.25, 0.3) is 10.9 Å². The van der Waals surface area contributed by atoms with E-state index in [1.807, 2.05) is 0 Å². The molecular weight excluding hydrogens is 262 g/mol. The van der Waals surface area contributed by atoms with Gasteiger partial charge in [0.1, 0.15) is 5.76 Å². The van der Waals surface area contributed by atoms with E-state index in [1.165, 1.54) is 0 Å². The summed E-state index contributed by atoms with van der Waals surface area (Å²) in [6.07, 6.45) is 1.69. The number of nitrogens with zero attached hydrogens (tertiary/aromatic N) is 3. The molecular formula is C13H17N3O4. The van der Waals surface area contributed by atoms with Crippen molar-refractivity contribution in [2.75, 3.05) is 0 Å². The number of fused-ring (bicyclic) bond motifs is 1. The molecule has 0 aliphatic rings. The van der Waals surface area contributed by atoms with E-state index in [-0.39, 0.29) is 22.4 Å². The van der Waals surface area contributed by atoms with Gasteiger partial charge in [0, 0.05) is 6.54 Å². The van der Waals surface area contributed by atoms with Crippen molar-refractivity contribution in [1.29, 1.82) is 0 Å². The minimum Gasteiger partial charge on any atom is -0.476 e. The molecule has 2 heterocycles. The maximum absolute atomic E-state index is 12.2. The Balaban J connectivity index is 2.48. The van der Waals surface area contributed by atoms with Crippen molar-refractivity contribution < 1.29 is 14.4 Å². The van der Waals surface area contributed by atoms with Gasteiger partial charge < -0.3 is 9.63 Å². The number of hydrogen-bond acceptors (Lipinski definition) is 5. The number of aromatic carboxylic acids is 1. The first kappa shape index (κ1) is 14.2. The van der Waals surface area contributed by atoms with Gasteiger partial charge in [0.2, 0.25) is 0 Å². The second-order valence-electron chi connectivity index (χ2n) is 5.18. The number of carbonyl (C=O) groups is 1. The molecule has 7 heteroatoms. The van der Waals surface area contributed by atoms with Crippen LogP contribution in [0.2, 0.25) is 0 Å². The molecule has 0 aromatic carbocycles. The highest BCUT2D eigenvalue weighted by Gasteiger charge is 2.21. The molecule has 0 saturated heterocycles. The van der Waals surface area contributed by atoms with E-state index in [0.29, 0.717) is 12.5 Å². The first-order chi connectivity index (χ1) is 9.41. The van der Waals surface area contributed by atoms with Crippen molar-refractivity contribution in [3.05, 3.63) is 21.8 Å². The Morgan fingerprint density at radius 3 is 2.75 bits per heavy atom. The van der Waals surface area contributed by atoms with Crippen molar-refractivity contribution in [1.82, 2.24) is 14.9 Å². The van der Waals surface area contributed by atoms with E-state index in [9.17, 15) is 14.7 Å². The maximum atomic E-state index is 12.2. The van der Waals surface area contributed by atoms with Crippen molar-refractivity contribution in [2.24, 2.45) is 5.92 Å². The van der Waals surface area contributed by atoms with Crippen LogP contribution in [-0.4, -0.2) is 26.0 Å². The van der Waals surface area contributed by atoms with Crippen molar-refractivity contribution in [3.63, 3.8) is 0 Å². The zero-order chi connectivity index (χ0) is 14.9. The lowest BCUT2D eigenvalue weighted by Gasteiger charge is -2.07. The first-order valence-corrected chi connectivity index (χ1v) is 6.52. The number of rotatable bonds is 5. The Morgan fingerprint density at radius 1 is 1.45 bits per heavy atom. The number of carboxylic acid groups (broad SMARTS) is 1. The minimum atomic E-state index is -1.20. The molecule has 0 bridgehead atoms. The number of aryl methyl sites for hydroxylation is 2. The van der Waals surface area contributed by atoms with Gasteiger partial charge in [-0.2, -0.15) is 5.10 Å². The van der Waals surface area contributed by atoms with E-state index in [4.69, 9.17) is 4.52 Å². The summed E-state index contributed by atoms with van der Waals surface area (Å²) in [6.45, 7) is 6.11. The van der Waals surface area contributed by atoms with Gasteiger partial charge in [-0.15, -0.1) is 0 Å². The molecule has 0 aliphatic carbocycles.